The molecular formula is C13H20N4S. The van der Waals surface area contributed by atoms with Crippen molar-refractivity contribution < 1.29 is 0 Å². The maximum atomic E-state index is 5.69. The molecule has 5 heteroatoms. The van der Waals surface area contributed by atoms with E-state index in [2.05, 4.69) is 33.9 Å². The average molecular weight is 264 g/mol. The van der Waals surface area contributed by atoms with Gasteiger partial charge in [-0.1, -0.05) is 0 Å². The molecule has 0 unspecified atom stereocenters. The summed E-state index contributed by atoms with van der Waals surface area (Å²) >= 11 is 1.73. The van der Waals surface area contributed by atoms with Gasteiger partial charge >= 0.3 is 0 Å². The summed E-state index contributed by atoms with van der Waals surface area (Å²) in [6.45, 7) is 3.61. The molecule has 0 aliphatic rings. The molecule has 0 spiro atoms. The lowest BCUT2D eigenvalue weighted by molar-refractivity contribution is 0.726. The second-order valence-corrected chi connectivity index (χ2v) is 5.32. The molecule has 2 rings (SSSR count). The number of aryl methyl sites for hydroxylation is 2. The number of hydrogen-bond donors (Lipinski definition) is 1. The topological polar surface area (TPSA) is 47.1 Å². The Morgan fingerprint density at radius 2 is 2.28 bits per heavy atom. The summed E-state index contributed by atoms with van der Waals surface area (Å²) in [5.41, 5.74) is 9.36. The van der Waals surface area contributed by atoms with Gasteiger partial charge in [-0.3, -0.25) is 4.68 Å². The Labute approximate surface area is 112 Å². The molecule has 0 amide bonds. The normalized spacial score (nSPS) is 10.9. The average Bonchev–Trinajstić information content (AvgIpc) is 2.89. The molecule has 0 radical (unpaired) electrons. The van der Waals surface area contributed by atoms with E-state index in [-0.39, 0.29) is 0 Å². The molecule has 2 aromatic heterocycles. The first-order chi connectivity index (χ1) is 8.63. The fraction of sp³-hybridized carbons (Fsp3) is 0.462. The van der Waals surface area contributed by atoms with Crippen molar-refractivity contribution in [2.75, 3.05) is 18.5 Å². The summed E-state index contributed by atoms with van der Waals surface area (Å²) in [5.74, 6) is 1.17. The molecule has 4 nitrogen and oxygen atoms in total. The van der Waals surface area contributed by atoms with Crippen molar-refractivity contribution in [1.82, 2.24) is 9.78 Å². The lowest BCUT2D eigenvalue weighted by Gasteiger charge is -2.20. The minimum Gasteiger partial charge on any atom is -0.355 e. The predicted molar refractivity (Wildman–Crippen MR) is 77.1 cm³/mol. The van der Waals surface area contributed by atoms with Gasteiger partial charge in [0.1, 0.15) is 5.82 Å². The number of thiophene rings is 1. The van der Waals surface area contributed by atoms with Crippen LogP contribution in [0.15, 0.2) is 16.8 Å². The third-order valence-electron chi connectivity index (χ3n) is 3.07. The molecule has 0 bridgehead atoms. The Balaban J connectivity index is 2.26. The van der Waals surface area contributed by atoms with Crippen LogP contribution in [-0.4, -0.2) is 23.4 Å². The van der Waals surface area contributed by atoms with E-state index < -0.39 is 0 Å². The first-order valence-corrected chi connectivity index (χ1v) is 7.02. The van der Waals surface area contributed by atoms with E-state index in [0.717, 1.165) is 18.7 Å². The highest BCUT2D eigenvalue weighted by molar-refractivity contribution is 7.07. The van der Waals surface area contributed by atoms with E-state index in [9.17, 15) is 0 Å². The minimum atomic E-state index is 0.659. The third kappa shape index (κ3) is 2.57. The van der Waals surface area contributed by atoms with Gasteiger partial charge in [0.2, 0.25) is 0 Å². The molecule has 0 atom stereocenters. The third-order valence-corrected chi connectivity index (χ3v) is 3.80. The van der Waals surface area contributed by atoms with Crippen LogP contribution in [0, 0.1) is 6.92 Å². The van der Waals surface area contributed by atoms with Gasteiger partial charge in [0.25, 0.3) is 0 Å². The first-order valence-electron chi connectivity index (χ1n) is 6.08. The van der Waals surface area contributed by atoms with Crippen molar-refractivity contribution in [1.29, 1.82) is 0 Å². The van der Waals surface area contributed by atoms with Crippen molar-refractivity contribution in [3.05, 3.63) is 33.6 Å². The fourth-order valence-corrected chi connectivity index (χ4v) is 3.00. The fourth-order valence-electron chi connectivity index (χ4n) is 2.34. The van der Waals surface area contributed by atoms with Gasteiger partial charge in [0.05, 0.1) is 5.69 Å². The van der Waals surface area contributed by atoms with Crippen molar-refractivity contribution in [2.45, 2.75) is 19.9 Å². The Morgan fingerprint density at radius 3 is 2.89 bits per heavy atom. The SMILES string of the molecule is Cc1nn(C)c(N(C)Cc2ccsc2)c1CCN. The number of hydrogen-bond acceptors (Lipinski definition) is 4. The second-order valence-electron chi connectivity index (χ2n) is 4.54. The van der Waals surface area contributed by atoms with Crippen molar-refractivity contribution >= 4 is 17.2 Å². The number of aromatic nitrogens is 2. The molecule has 2 N–H and O–H groups in total. The molecule has 2 aromatic rings. The summed E-state index contributed by atoms with van der Waals surface area (Å²) in [7, 11) is 4.10. The zero-order valence-electron chi connectivity index (χ0n) is 11.2. The Bertz CT molecular complexity index is 501. The van der Waals surface area contributed by atoms with Crippen molar-refractivity contribution in [3.63, 3.8) is 0 Å². The predicted octanol–water partition coefficient (Wildman–Crippen LogP) is 1.93. The Kier molecular flexibility index (Phi) is 4.04. The largest absolute Gasteiger partial charge is 0.355 e. The van der Waals surface area contributed by atoms with Crippen molar-refractivity contribution in [2.24, 2.45) is 12.8 Å². The van der Waals surface area contributed by atoms with E-state index in [0.29, 0.717) is 6.54 Å². The summed E-state index contributed by atoms with van der Waals surface area (Å²) in [6, 6.07) is 2.16. The van der Waals surface area contributed by atoms with E-state index in [4.69, 9.17) is 5.73 Å². The van der Waals surface area contributed by atoms with Crippen LogP contribution < -0.4 is 10.6 Å². The van der Waals surface area contributed by atoms with E-state index in [1.54, 1.807) is 11.3 Å². The van der Waals surface area contributed by atoms with E-state index in [1.165, 1.54) is 16.9 Å². The Morgan fingerprint density at radius 1 is 1.50 bits per heavy atom. The summed E-state index contributed by atoms with van der Waals surface area (Å²) in [6.07, 6.45) is 0.878. The van der Waals surface area contributed by atoms with E-state index in [1.807, 2.05) is 18.7 Å². The molecule has 0 fully saturated rings. The van der Waals surface area contributed by atoms with Crippen LogP contribution in [0.5, 0.6) is 0 Å². The molecule has 0 aliphatic carbocycles. The van der Waals surface area contributed by atoms with Gasteiger partial charge in [0.15, 0.2) is 0 Å². The summed E-state index contributed by atoms with van der Waals surface area (Å²) < 4.78 is 1.95. The van der Waals surface area contributed by atoms with Gasteiger partial charge in [-0.15, -0.1) is 0 Å². The highest BCUT2D eigenvalue weighted by Gasteiger charge is 2.16. The molecule has 0 saturated carbocycles. The number of nitrogens with two attached hydrogens (primary N) is 1. The maximum Gasteiger partial charge on any atom is 0.130 e. The molecule has 98 valence electrons. The summed E-state index contributed by atoms with van der Waals surface area (Å²) in [4.78, 5) is 2.24. The van der Waals surface area contributed by atoms with Crippen LogP contribution in [0.4, 0.5) is 5.82 Å². The zero-order valence-corrected chi connectivity index (χ0v) is 12.0. The molecule has 18 heavy (non-hydrogen) atoms. The smallest absolute Gasteiger partial charge is 0.130 e. The minimum absolute atomic E-state index is 0.659. The molecule has 0 aliphatic heterocycles. The van der Waals surface area contributed by atoms with Crippen LogP contribution in [-0.2, 0) is 20.0 Å². The van der Waals surface area contributed by atoms with Crippen LogP contribution in [0.2, 0.25) is 0 Å². The van der Waals surface area contributed by atoms with Gasteiger partial charge in [-0.05, 0) is 42.3 Å². The lowest BCUT2D eigenvalue weighted by Crippen LogP contribution is -2.21. The second kappa shape index (κ2) is 5.54. The van der Waals surface area contributed by atoms with E-state index >= 15 is 0 Å². The van der Waals surface area contributed by atoms with Crippen molar-refractivity contribution in [3.8, 4) is 0 Å². The monoisotopic (exact) mass is 264 g/mol. The zero-order chi connectivity index (χ0) is 13.1. The maximum absolute atomic E-state index is 5.69. The first kappa shape index (κ1) is 13.1. The van der Waals surface area contributed by atoms with Gasteiger partial charge < -0.3 is 10.6 Å². The van der Waals surface area contributed by atoms with Gasteiger partial charge in [-0.2, -0.15) is 16.4 Å². The highest BCUT2D eigenvalue weighted by atomic mass is 32.1. The van der Waals surface area contributed by atoms with Crippen LogP contribution >= 0.6 is 11.3 Å². The standard InChI is InChI=1S/C13H20N4S/c1-10-12(4-6-14)13(17(3)15-10)16(2)8-11-5-7-18-9-11/h5,7,9H,4,6,8,14H2,1-3H3. The number of anilines is 1. The summed E-state index contributed by atoms with van der Waals surface area (Å²) in [5, 5.41) is 8.79. The van der Waals surface area contributed by atoms with Gasteiger partial charge in [-0.25, -0.2) is 0 Å². The van der Waals surface area contributed by atoms with Gasteiger partial charge in [0, 0.05) is 26.2 Å². The van der Waals surface area contributed by atoms with Crippen LogP contribution in [0.25, 0.3) is 0 Å². The Hall–Kier alpha value is -1.33. The number of rotatable bonds is 5. The van der Waals surface area contributed by atoms with Crippen LogP contribution in [0.3, 0.4) is 0 Å². The molecule has 0 aromatic carbocycles. The lowest BCUT2D eigenvalue weighted by atomic mass is 10.1. The highest BCUT2D eigenvalue weighted by Crippen LogP contribution is 2.24. The molecule has 2 heterocycles. The quantitative estimate of drug-likeness (QED) is 0.897. The van der Waals surface area contributed by atoms with Crippen LogP contribution in [0.1, 0.15) is 16.8 Å². The number of nitrogens with zero attached hydrogens (tertiary/aromatic N) is 3. The molecular weight excluding hydrogens is 244 g/mol. The molecule has 0 saturated heterocycles.